The first-order valence-electron chi connectivity index (χ1n) is 8.57. The second-order valence-corrected chi connectivity index (χ2v) is 9.61. The predicted octanol–water partition coefficient (Wildman–Crippen LogP) is 0.512. The van der Waals surface area contributed by atoms with E-state index in [1.165, 1.54) is 7.05 Å². The van der Waals surface area contributed by atoms with Gasteiger partial charge in [0.2, 0.25) is 5.91 Å². The molecule has 1 aliphatic rings. The quantitative estimate of drug-likeness (QED) is 0.624. The first-order valence-corrected chi connectivity index (χ1v) is 10.9. The average Bonchev–Trinajstić information content (AvgIpc) is 3.11. The molecule has 0 saturated carbocycles. The van der Waals surface area contributed by atoms with Gasteiger partial charge < -0.3 is 15.1 Å². The molecule has 0 spiro atoms. The van der Waals surface area contributed by atoms with Crippen molar-refractivity contribution in [3.63, 3.8) is 0 Å². The van der Waals surface area contributed by atoms with Crippen LogP contribution in [0.2, 0.25) is 0 Å². The number of nitrogens with one attached hydrogen (secondary N) is 1. The minimum atomic E-state index is -3.56. The van der Waals surface area contributed by atoms with Crippen molar-refractivity contribution in [3.8, 4) is 0 Å². The molecule has 0 unspecified atom stereocenters. The van der Waals surface area contributed by atoms with Gasteiger partial charge in [-0.15, -0.1) is 11.3 Å². The number of carbonyl (C=O) groups excluding carboxylic acids is 1. The number of hydrogen-bond acceptors (Lipinski definition) is 6. The molecular weight excluding hydrogens is 360 g/mol. The molecule has 0 radical (unpaired) electrons. The van der Waals surface area contributed by atoms with Crippen LogP contribution in [0.5, 0.6) is 0 Å². The molecule has 1 fully saturated rings. The second kappa shape index (κ2) is 9.63. The molecule has 1 aromatic rings. The second-order valence-electron chi connectivity index (χ2n) is 6.40. The number of nitrogens with zero attached hydrogens (tertiary/aromatic N) is 3. The molecule has 0 aliphatic carbocycles. The van der Waals surface area contributed by atoms with E-state index in [0.29, 0.717) is 6.54 Å². The van der Waals surface area contributed by atoms with Crippen LogP contribution in [-0.2, 0) is 14.8 Å². The van der Waals surface area contributed by atoms with Crippen LogP contribution in [0.4, 0.5) is 0 Å². The van der Waals surface area contributed by atoms with Crippen LogP contribution in [-0.4, -0.2) is 88.3 Å². The summed E-state index contributed by atoms with van der Waals surface area (Å²) in [4.78, 5) is 16.7. The van der Waals surface area contributed by atoms with Crippen LogP contribution < -0.4 is 5.32 Å². The summed E-state index contributed by atoms with van der Waals surface area (Å²) in [5, 5.41) is 4.52. The highest BCUT2D eigenvalue weighted by Gasteiger charge is 2.23. The smallest absolute Gasteiger partial charge is 0.252 e. The topological polar surface area (TPSA) is 73.0 Å². The van der Waals surface area contributed by atoms with E-state index >= 15 is 0 Å². The lowest BCUT2D eigenvalue weighted by molar-refractivity contribution is -0.121. The third kappa shape index (κ3) is 6.34. The molecule has 25 heavy (non-hydrogen) atoms. The first kappa shape index (κ1) is 20.3. The highest BCUT2D eigenvalue weighted by atomic mass is 32.2. The molecule has 0 atom stereocenters. The Morgan fingerprint density at radius 2 is 2.00 bits per heavy atom. The van der Waals surface area contributed by atoms with Gasteiger partial charge in [-0.25, -0.2) is 8.42 Å². The van der Waals surface area contributed by atoms with Crippen LogP contribution in [0, 0.1) is 0 Å². The SMILES string of the molecule is CN1CCN(CCCCNC(=O)CN(C)S(=O)(=O)c2cccs2)CC1. The third-order valence-electron chi connectivity index (χ3n) is 4.35. The molecule has 9 heteroatoms. The number of carbonyl (C=O) groups is 1. The lowest BCUT2D eigenvalue weighted by Crippen LogP contribution is -2.44. The molecule has 1 amide bonds. The maximum Gasteiger partial charge on any atom is 0.252 e. The molecule has 142 valence electrons. The Bertz CT molecular complexity index is 626. The average molecular weight is 389 g/mol. The molecule has 0 aromatic carbocycles. The minimum absolute atomic E-state index is 0.154. The summed E-state index contributed by atoms with van der Waals surface area (Å²) in [5.74, 6) is -0.262. The van der Waals surface area contributed by atoms with Gasteiger partial charge in [-0.2, -0.15) is 4.31 Å². The van der Waals surface area contributed by atoms with Crippen molar-refractivity contribution in [3.05, 3.63) is 17.5 Å². The summed E-state index contributed by atoms with van der Waals surface area (Å²) in [6.45, 7) is 5.92. The fourth-order valence-electron chi connectivity index (χ4n) is 2.67. The monoisotopic (exact) mass is 388 g/mol. The zero-order chi connectivity index (χ0) is 18.3. The number of amides is 1. The van der Waals surface area contributed by atoms with E-state index in [2.05, 4.69) is 22.2 Å². The zero-order valence-electron chi connectivity index (χ0n) is 15.0. The van der Waals surface area contributed by atoms with Crippen LogP contribution >= 0.6 is 11.3 Å². The Morgan fingerprint density at radius 1 is 1.28 bits per heavy atom. The van der Waals surface area contributed by atoms with Crippen molar-refractivity contribution < 1.29 is 13.2 Å². The van der Waals surface area contributed by atoms with E-state index in [9.17, 15) is 13.2 Å². The fraction of sp³-hybridized carbons (Fsp3) is 0.688. The maximum absolute atomic E-state index is 12.3. The van der Waals surface area contributed by atoms with Crippen LogP contribution in [0.3, 0.4) is 0 Å². The highest BCUT2D eigenvalue weighted by molar-refractivity contribution is 7.91. The van der Waals surface area contributed by atoms with Crippen LogP contribution in [0.15, 0.2) is 21.7 Å². The Morgan fingerprint density at radius 3 is 2.64 bits per heavy atom. The Kier molecular flexibility index (Phi) is 7.82. The molecule has 2 rings (SSSR count). The van der Waals surface area contributed by atoms with Crippen molar-refractivity contribution in [2.75, 3.05) is 59.9 Å². The molecule has 2 heterocycles. The summed E-state index contributed by atoms with van der Waals surface area (Å²) in [6.07, 6.45) is 1.94. The van der Waals surface area contributed by atoms with Crippen molar-refractivity contribution >= 4 is 27.3 Å². The van der Waals surface area contributed by atoms with E-state index in [-0.39, 0.29) is 16.7 Å². The molecular formula is C16H28N4O3S2. The van der Waals surface area contributed by atoms with Gasteiger partial charge in [-0.05, 0) is 37.9 Å². The summed E-state index contributed by atoms with van der Waals surface area (Å²) in [6, 6.07) is 3.23. The normalized spacial score (nSPS) is 17.1. The number of sulfonamides is 1. The number of piperazine rings is 1. The molecule has 7 nitrogen and oxygen atoms in total. The van der Waals surface area contributed by atoms with E-state index < -0.39 is 10.0 Å². The Labute approximate surface area is 154 Å². The number of likely N-dealkylation sites (N-methyl/N-ethyl adjacent to an activating group) is 2. The van der Waals surface area contributed by atoms with Gasteiger partial charge in [0, 0.05) is 39.8 Å². The molecule has 1 N–H and O–H groups in total. The molecule has 1 saturated heterocycles. The molecule has 1 aromatic heterocycles. The zero-order valence-corrected chi connectivity index (χ0v) is 16.6. The van der Waals surface area contributed by atoms with E-state index in [4.69, 9.17) is 0 Å². The molecule has 1 aliphatic heterocycles. The van der Waals surface area contributed by atoms with Crippen molar-refractivity contribution in [1.29, 1.82) is 0 Å². The van der Waals surface area contributed by atoms with Crippen LogP contribution in [0.25, 0.3) is 0 Å². The van der Waals surface area contributed by atoms with Gasteiger partial charge in [-0.1, -0.05) is 6.07 Å². The van der Waals surface area contributed by atoms with Gasteiger partial charge in [0.15, 0.2) is 0 Å². The van der Waals surface area contributed by atoms with Gasteiger partial charge in [-0.3, -0.25) is 4.79 Å². The largest absolute Gasteiger partial charge is 0.355 e. The Hall–Kier alpha value is -1.00. The maximum atomic E-state index is 12.3. The number of hydrogen-bond donors (Lipinski definition) is 1. The summed E-state index contributed by atoms with van der Waals surface area (Å²) < 4.78 is 25.9. The van der Waals surface area contributed by atoms with Crippen molar-refractivity contribution in [2.45, 2.75) is 17.1 Å². The van der Waals surface area contributed by atoms with Crippen molar-refractivity contribution in [1.82, 2.24) is 19.4 Å². The Balaban J connectivity index is 1.61. The van der Waals surface area contributed by atoms with Crippen molar-refractivity contribution in [2.24, 2.45) is 0 Å². The lowest BCUT2D eigenvalue weighted by Gasteiger charge is -2.32. The summed E-state index contributed by atoms with van der Waals surface area (Å²) >= 11 is 1.15. The highest BCUT2D eigenvalue weighted by Crippen LogP contribution is 2.19. The lowest BCUT2D eigenvalue weighted by atomic mass is 10.2. The number of unbranched alkanes of at least 4 members (excludes halogenated alkanes) is 1. The predicted molar refractivity (Wildman–Crippen MR) is 100 cm³/mol. The van der Waals surface area contributed by atoms with Gasteiger partial charge in [0.25, 0.3) is 10.0 Å². The minimum Gasteiger partial charge on any atom is -0.355 e. The standard InChI is InChI=1S/C16H28N4O3S2/c1-18-9-11-20(12-10-18)8-4-3-7-17-15(21)14-19(2)25(22,23)16-6-5-13-24-16/h5-6,13H,3-4,7-12,14H2,1-2H3,(H,17,21). The fourth-order valence-corrected chi connectivity index (χ4v) is 4.99. The number of thiophene rings is 1. The summed E-state index contributed by atoms with van der Waals surface area (Å²) in [7, 11) is 0.00932. The molecule has 0 bridgehead atoms. The van der Waals surface area contributed by atoms with Gasteiger partial charge in [0.1, 0.15) is 4.21 Å². The van der Waals surface area contributed by atoms with E-state index in [0.717, 1.165) is 61.2 Å². The van der Waals surface area contributed by atoms with Gasteiger partial charge >= 0.3 is 0 Å². The van der Waals surface area contributed by atoms with Gasteiger partial charge in [0.05, 0.1) is 6.54 Å². The van der Waals surface area contributed by atoms with E-state index in [1.54, 1.807) is 17.5 Å². The first-order chi connectivity index (χ1) is 11.9. The number of rotatable bonds is 9. The van der Waals surface area contributed by atoms with Crippen LogP contribution in [0.1, 0.15) is 12.8 Å². The third-order valence-corrected chi connectivity index (χ3v) is 7.52. The summed E-state index contributed by atoms with van der Waals surface area (Å²) in [5.41, 5.74) is 0. The van der Waals surface area contributed by atoms with E-state index in [1.807, 2.05) is 0 Å².